The van der Waals surface area contributed by atoms with Crippen LogP contribution in [0.3, 0.4) is 0 Å². The Morgan fingerprint density at radius 1 is 0.622 bits per heavy atom. The zero-order valence-corrected chi connectivity index (χ0v) is 23.8. The third-order valence-corrected chi connectivity index (χ3v) is 7.19. The predicted octanol–water partition coefficient (Wildman–Crippen LogP) is 0.250. The molecule has 4 rings (SSSR count). The number of rotatable bonds is 15. The first-order valence-electron chi connectivity index (χ1n) is 13.9. The van der Waals surface area contributed by atoms with E-state index in [0.717, 1.165) is 27.4 Å². The summed E-state index contributed by atoms with van der Waals surface area (Å²) in [5.41, 5.74) is 9.26. The van der Waals surface area contributed by atoms with Crippen LogP contribution in [0.4, 0.5) is 0 Å². The normalized spacial score (nSPS) is 13.8. The molecule has 0 saturated carbocycles. The van der Waals surface area contributed by atoms with Gasteiger partial charge in [-0.15, -0.1) is 0 Å². The van der Waals surface area contributed by atoms with Gasteiger partial charge in [0.05, 0.1) is 18.9 Å². The van der Waals surface area contributed by atoms with Gasteiger partial charge in [0.1, 0.15) is 18.1 Å². The van der Waals surface area contributed by atoms with Crippen LogP contribution in [0.2, 0.25) is 0 Å². The third kappa shape index (κ3) is 8.23. The highest BCUT2D eigenvalue weighted by Crippen LogP contribution is 2.21. The number of H-pyrrole nitrogens is 2. The second-order valence-corrected chi connectivity index (χ2v) is 10.5. The van der Waals surface area contributed by atoms with E-state index in [1.54, 1.807) is 24.5 Å². The number of carboxylic acid groups (broad SMARTS) is 3. The molecule has 2 heterocycles. The number of fused-ring (bicyclic) bond motifs is 2. The molecular formula is C30H32N6O9. The SMILES string of the molecule is NC(Cc1c[nH]c2ccccc12)C(=O)NC(Cc1c[nH]c2ccccc12)C(=O)NC(CC(=O)O)C(=O)NC(CC(=O)O)C(=O)O. The molecule has 15 nitrogen and oxygen atoms in total. The summed E-state index contributed by atoms with van der Waals surface area (Å²) in [5, 5.41) is 36.1. The van der Waals surface area contributed by atoms with Crippen LogP contribution in [0.5, 0.6) is 0 Å². The lowest BCUT2D eigenvalue weighted by Crippen LogP contribution is -2.58. The van der Waals surface area contributed by atoms with Gasteiger partial charge < -0.3 is 47.0 Å². The first-order valence-corrected chi connectivity index (χ1v) is 13.9. The molecule has 0 fully saturated rings. The predicted molar refractivity (Wildman–Crippen MR) is 160 cm³/mol. The summed E-state index contributed by atoms with van der Waals surface area (Å²) in [5.74, 6) is -7.55. The van der Waals surface area contributed by atoms with Gasteiger partial charge in [0.15, 0.2) is 0 Å². The van der Waals surface area contributed by atoms with Crippen LogP contribution in [0.25, 0.3) is 21.8 Å². The molecule has 0 radical (unpaired) electrons. The van der Waals surface area contributed by atoms with Crippen molar-refractivity contribution in [1.82, 2.24) is 25.9 Å². The molecule has 45 heavy (non-hydrogen) atoms. The number of para-hydroxylation sites is 2. The number of hydrogen-bond donors (Lipinski definition) is 9. The van der Waals surface area contributed by atoms with Gasteiger partial charge in [-0.1, -0.05) is 36.4 Å². The Morgan fingerprint density at radius 2 is 1.07 bits per heavy atom. The van der Waals surface area contributed by atoms with Crippen LogP contribution < -0.4 is 21.7 Å². The molecule has 2 aromatic heterocycles. The number of aromatic amines is 2. The molecule has 3 amide bonds. The lowest BCUT2D eigenvalue weighted by Gasteiger charge is -2.24. The Hall–Kier alpha value is -5.70. The van der Waals surface area contributed by atoms with Crippen molar-refractivity contribution in [3.8, 4) is 0 Å². The molecule has 10 N–H and O–H groups in total. The molecule has 0 aliphatic heterocycles. The van der Waals surface area contributed by atoms with Gasteiger partial charge in [0.2, 0.25) is 17.7 Å². The molecule has 0 bridgehead atoms. The lowest BCUT2D eigenvalue weighted by molar-refractivity contribution is -0.148. The monoisotopic (exact) mass is 620 g/mol. The molecule has 0 spiro atoms. The number of aromatic nitrogens is 2. The molecule has 4 aromatic rings. The topological polar surface area (TPSA) is 257 Å². The maximum Gasteiger partial charge on any atom is 0.326 e. The van der Waals surface area contributed by atoms with E-state index in [0.29, 0.717) is 5.56 Å². The summed E-state index contributed by atoms with van der Waals surface area (Å²) in [7, 11) is 0. The first kappa shape index (κ1) is 32.2. The van der Waals surface area contributed by atoms with E-state index < -0.39 is 72.6 Å². The Labute approximate surface area is 255 Å². The summed E-state index contributed by atoms with van der Waals surface area (Å²) in [4.78, 5) is 80.0. The van der Waals surface area contributed by atoms with Crippen molar-refractivity contribution in [2.45, 2.75) is 49.9 Å². The Balaban J connectivity index is 1.56. The standard InChI is InChI=1S/C30H32N6O9/c31-19(9-15-13-32-20-7-3-1-5-17(15)20)27(41)34-22(10-16-14-33-21-8-4-2-6-18(16)21)28(42)35-23(11-25(37)38)29(43)36-24(30(44)45)12-26(39)40/h1-8,13-14,19,22-24,32-33H,9-12,31H2,(H,34,41)(H,35,42)(H,36,43)(H,37,38)(H,39,40)(H,44,45). The summed E-state index contributed by atoms with van der Waals surface area (Å²) >= 11 is 0. The maximum absolute atomic E-state index is 13.6. The molecular weight excluding hydrogens is 588 g/mol. The van der Waals surface area contributed by atoms with E-state index in [2.05, 4.69) is 20.6 Å². The van der Waals surface area contributed by atoms with Crippen LogP contribution in [-0.4, -0.2) is 85.1 Å². The second-order valence-electron chi connectivity index (χ2n) is 10.5. The van der Waals surface area contributed by atoms with Gasteiger partial charge in [0, 0.05) is 40.6 Å². The minimum atomic E-state index is -1.88. The maximum atomic E-state index is 13.6. The Bertz CT molecular complexity index is 1750. The van der Waals surface area contributed by atoms with Crippen molar-refractivity contribution < 1.29 is 44.1 Å². The summed E-state index contributed by atoms with van der Waals surface area (Å²) in [6.45, 7) is 0. The number of hydrogen-bond acceptors (Lipinski definition) is 7. The number of aliphatic carboxylic acids is 3. The summed E-state index contributed by atoms with van der Waals surface area (Å²) in [6, 6.07) is 8.54. The fourth-order valence-corrected chi connectivity index (χ4v) is 4.94. The largest absolute Gasteiger partial charge is 0.481 e. The van der Waals surface area contributed by atoms with E-state index in [-0.39, 0.29) is 12.8 Å². The van der Waals surface area contributed by atoms with Gasteiger partial charge in [-0.2, -0.15) is 0 Å². The zero-order chi connectivity index (χ0) is 32.7. The van der Waals surface area contributed by atoms with Crippen molar-refractivity contribution in [2.75, 3.05) is 0 Å². The number of carbonyl (C=O) groups is 6. The molecule has 4 unspecified atom stereocenters. The van der Waals surface area contributed by atoms with Crippen molar-refractivity contribution in [3.05, 3.63) is 72.1 Å². The van der Waals surface area contributed by atoms with Crippen LogP contribution >= 0.6 is 0 Å². The average Bonchev–Trinajstić information content (AvgIpc) is 3.59. The molecule has 2 aromatic carbocycles. The average molecular weight is 621 g/mol. The van der Waals surface area contributed by atoms with E-state index in [9.17, 15) is 39.0 Å². The lowest BCUT2D eigenvalue weighted by atomic mass is 10.0. The Kier molecular flexibility index (Phi) is 10.2. The highest BCUT2D eigenvalue weighted by Gasteiger charge is 2.33. The highest BCUT2D eigenvalue weighted by molar-refractivity contribution is 5.97. The van der Waals surface area contributed by atoms with Crippen molar-refractivity contribution in [1.29, 1.82) is 0 Å². The van der Waals surface area contributed by atoms with E-state index in [1.165, 1.54) is 0 Å². The van der Waals surface area contributed by atoms with Crippen LogP contribution in [0.1, 0.15) is 24.0 Å². The zero-order valence-electron chi connectivity index (χ0n) is 23.8. The smallest absolute Gasteiger partial charge is 0.326 e. The van der Waals surface area contributed by atoms with Crippen LogP contribution in [-0.2, 0) is 41.6 Å². The second kappa shape index (κ2) is 14.2. The van der Waals surface area contributed by atoms with Gasteiger partial charge in [0.25, 0.3) is 0 Å². The van der Waals surface area contributed by atoms with E-state index in [1.807, 2.05) is 41.7 Å². The number of nitrogens with two attached hydrogens (primary N) is 1. The molecule has 0 aliphatic carbocycles. The van der Waals surface area contributed by atoms with Gasteiger partial charge in [-0.25, -0.2) is 4.79 Å². The number of benzene rings is 2. The van der Waals surface area contributed by atoms with Gasteiger partial charge >= 0.3 is 17.9 Å². The minimum absolute atomic E-state index is 0.0838. The number of nitrogens with one attached hydrogen (secondary N) is 5. The van der Waals surface area contributed by atoms with Crippen molar-refractivity contribution in [2.24, 2.45) is 5.73 Å². The van der Waals surface area contributed by atoms with Gasteiger partial charge in [-0.3, -0.25) is 24.0 Å². The van der Waals surface area contributed by atoms with Crippen molar-refractivity contribution in [3.63, 3.8) is 0 Å². The van der Waals surface area contributed by atoms with Crippen LogP contribution in [0, 0.1) is 0 Å². The quantitative estimate of drug-likeness (QED) is 0.0875. The molecule has 0 aliphatic rings. The van der Waals surface area contributed by atoms with E-state index in [4.69, 9.17) is 10.8 Å². The molecule has 4 atom stereocenters. The fourth-order valence-electron chi connectivity index (χ4n) is 4.94. The molecule has 15 heteroatoms. The first-order chi connectivity index (χ1) is 21.4. The van der Waals surface area contributed by atoms with Crippen molar-refractivity contribution >= 4 is 57.4 Å². The number of amides is 3. The summed E-state index contributed by atoms with van der Waals surface area (Å²) in [6.07, 6.45) is 1.49. The molecule has 0 saturated heterocycles. The van der Waals surface area contributed by atoms with E-state index >= 15 is 0 Å². The number of carboxylic acids is 3. The fraction of sp³-hybridized carbons (Fsp3) is 0.267. The summed E-state index contributed by atoms with van der Waals surface area (Å²) < 4.78 is 0. The Morgan fingerprint density at radius 3 is 1.60 bits per heavy atom. The van der Waals surface area contributed by atoms with Crippen LogP contribution in [0.15, 0.2) is 60.9 Å². The van der Waals surface area contributed by atoms with Gasteiger partial charge in [-0.05, 0) is 29.7 Å². The number of carbonyl (C=O) groups excluding carboxylic acids is 3. The third-order valence-electron chi connectivity index (χ3n) is 7.19. The minimum Gasteiger partial charge on any atom is -0.481 e. The highest BCUT2D eigenvalue weighted by atomic mass is 16.4. The molecule has 236 valence electrons.